The zero-order valence-electron chi connectivity index (χ0n) is 12.8. The van der Waals surface area contributed by atoms with Crippen LogP contribution in [0.5, 0.6) is 11.5 Å². The minimum absolute atomic E-state index is 0.115. The predicted octanol–water partition coefficient (Wildman–Crippen LogP) is 5.71. The molecule has 2 aromatic carbocycles. The second-order valence-electron chi connectivity index (χ2n) is 5.29. The van der Waals surface area contributed by atoms with Gasteiger partial charge < -0.3 is 4.74 Å². The van der Waals surface area contributed by atoms with Crippen LogP contribution < -0.4 is 4.74 Å². The van der Waals surface area contributed by atoms with Crippen molar-refractivity contribution in [1.82, 2.24) is 9.97 Å². The van der Waals surface area contributed by atoms with Crippen molar-refractivity contribution >= 4 is 22.6 Å². The third kappa shape index (κ3) is 3.28. The Kier molecular flexibility index (Phi) is 4.09. The average molecular weight is 353 g/mol. The zero-order chi connectivity index (χ0) is 17.5. The summed E-state index contributed by atoms with van der Waals surface area (Å²) in [4.78, 5) is 8.83. The second kappa shape index (κ2) is 5.94. The van der Waals surface area contributed by atoms with E-state index in [0.29, 0.717) is 16.8 Å². The molecule has 0 unspecified atom stereocenters. The highest BCUT2D eigenvalue weighted by Crippen LogP contribution is 2.36. The van der Waals surface area contributed by atoms with Crippen LogP contribution in [-0.4, -0.2) is 9.97 Å². The van der Waals surface area contributed by atoms with Gasteiger partial charge in [-0.3, -0.25) is 0 Å². The molecule has 24 heavy (non-hydrogen) atoms. The number of benzene rings is 2. The number of fused-ring (bicyclic) bond motifs is 1. The van der Waals surface area contributed by atoms with Crippen LogP contribution in [0.1, 0.15) is 17.0 Å². The van der Waals surface area contributed by atoms with Gasteiger partial charge in [-0.05, 0) is 44.2 Å². The number of aryl methyl sites for hydroxylation is 2. The van der Waals surface area contributed by atoms with Gasteiger partial charge in [0.05, 0.1) is 33.0 Å². The quantitative estimate of drug-likeness (QED) is 0.592. The summed E-state index contributed by atoms with van der Waals surface area (Å²) in [5.74, 6) is 0.558. The lowest BCUT2D eigenvalue weighted by Crippen LogP contribution is -2.04. The Labute approximate surface area is 141 Å². The van der Waals surface area contributed by atoms with E-state index < -0.39 is 11.7 Å². The van der Waals surface area contributed by atoms with E-state index in [1.165, 1.54) is 6.07 Å². The number of hydrogen-bond donors (Lipinski definition) is 0. The van der Waals surface area contributed by atoms with Gasteiger partial charge in [0.2, 0.25) is 0 Å². The van der Waals surface area contributed by atoms with Gasteiger partial charge in [-0.25, -0.2) is 9.97 Å². The first-order chi connectivity index (χ1) is 11.2. The van der Waals surface area contributed by atoms with Gasteiger partial charge in [-0.15, -0.1) is 0 Å². The van der Waals surface area contributed by atoms with Gasteiger partial charge in [0.15, 0.2) is 0 Å². The topological polar surface area (TPSA) is 35.0 Å². The summed E-state index contributed by atoms with van der Waals surface area (Å²) in [5.41, 5.74) is 2.16. The molecule has 0 N–H and O–H groups in total. The van der Waals surface area contributed by atoms with E-state index in [0.717, 1.165) is 23.5 Å². The Morgan fingerprint density at radius 3 is 2.21 bits per heavy atom. The molecule has 0 saturated heterocycles. The second-order valence-corrected chi connectivity index (χ2v) is 5.70. The number of rotatable bonds is 2. The fourth-order valence-corrected chi connectivity index (χ4v) is 2.38. The summed E-state index contributed by atoms with van der Waals surface area (Å²) >= 11 is 5.90. The van der Waals surface area contributed by atoms with Crippen LogP contribution in [0.25, 0.3) is 11.0 Å². The molecular weight excluding hydrogens is 341 g/mol. The molecule has 0 spiro atoms. The molecule has 3 aromatic rings. The van der Waals surface area contributed by atoms with Crippen molar-refractivity contribution in [2.45, 2.75) is 20.0 Å². The third-order valence-electron chi connectivity index (χ3n) is 3.53. The maximum Gasteiger partial charge on any atom is 0.416 e. The monoisotopic (exact) mass is 352 g/mol. The van der Waals surface area contributed by atoms with Crippen molar-refractivity contribution in [3.05, 3.63) is 58.4 Å². The first-order valence-corrected chi connectivity index (χ1v) is 7.41. The smallest absolute Gasteiger partial charge is 0.416 e. The van der Waals surface area contributed by atoms with Gasteiger partial charge in [-0.2, -0.15) is 13.2 Å². The molecule has 0 fully saturated rings. The van der Waals surface area contributed by atoms with Crippen molar-refractivity contribution in [1.29, 1.82) is 0 Å². The molecule has 3 nitrogen and oxygen atoms in total. The number of alkyl halides is 3. The van der Waals surface area contributed by atoms with E-state index in [1.807, 2.05) is 13.8 Å². The first kappa shape index (κ1) is 16.5. The van der Waals surface area contributed by atoms with E-state index in [9.17, 15) is 13.2 Å². The summed E-state index contributed by atoms with van der Waals surface area (Å²) in [5, 5.41) is -0.115. The molecule has 0 bridgehead atoms. The Morgan fingerprint density at radius 2 is 1.58 bits per heavy atom. The van der Waals surface area contributed by atoms with E-state index in [2.05, 4.69) is 9.97 Å². The molecule has 0 atom stereocenters. The number of hydrogen-bond acceptors (Lipinski definition) is 3. The SMILES string of the molecule is Cc1nc2ccc(Oc3ccc(C(F)(F)F)cc3Cl)cc2nc1C. The molecule has 3 rings (SSSR count). The lowest BCUT2D eigenvalue weighted by molar-refractivity contribution is -0.137. The fraction of sp³-hybridized carbons (Fsp3) is 0.176. The largest absolute Gasteiger partial charge is 0.456 e. The number of nitrogens with zero attached hydrogens (tertiary/aromatic N) is 2. The highest BCUT2D eigenvalue weighted by atomic mass is 35.5. The average Bonchev–Trinajstić information content (AvgIpc) is 2.49. The predicted molar refractivity (Wildman–Crippen MR) is 85.5 cm³/mol. The molecule has 0 saturated carbocycles. The minimum Gasteiger partial charge on any atom is -0.456 e. The van der Waals surface area contributed by atoms with Gasteiger partial charge in [0.25, 0.3) is 0 Å². The minimum atomic E-state index is -4.45. The standard InChI is InChI=1S/C17H12ClF3N2O/c1-9-10(2)23-15-8-12(4-5-14(15)22-9)24-16-6-3-11(7-13(16)18)17(19,20)21/h3-8H,1-2H3. The van der Waals surface area contributed by atoms with Crippen molar-refractivity contribution in [2.24, 2.45) is 0 Å². The van der Waals surface area contributed by atoms with Crippen molar-refractivity contribution in [2.75, 3.05) is 0 Å². The summed E-state index contributed by atoms with van der Waals surface area (Å²) in [6, 6.07) is 8.03. The van der Waals surface area contributed by atoms with Gasteiger partial charge >= 0.3 is 6.18 Å². The van der Waals surface area contributed by atoms with Crippen LogP contribution in [0.15, 0.2) is 36.4 Å². The summed E-state index contributed by atoms with van der Waals surface area (Å²) < 4.78 is 43.6. The highest BCUT2D eigenvalue weighted by Gasteiger charge is 2.31. The van der Waals surface area contributed by atoms with Gasteiger partial charge in [0.1, 0.15) is 11.5 Å². The fourth-order valence-electron chi connectivity index (χ4n) is 2.16. The summed E-state index contributed by atoms with van der Waals surface area (Å²) in [6.07, 6.45) is -4.45. The number of halogens is 4. The van der Waals surface area contributed by atoms with Crippen LogP contribution in [0.2, 0.25) is 5.02 Å². The Balaban J connectivity index is 1.94. The van der Waals surface area contributed by atoms with Crippen LogP contribution in [-0.2, 0) is 6.18 Å². The molecule has 124 valence electrons. The van der Waals surface area contributed by atoms with Crippen LogP contribution >= 0.6 is 11.6 Å². The Bertz CT molecular complexity index is 926. The normalized spacial score (nSPS) is 11.8. The maximum absolute atomic E-state index is 12.7. The molecule has 0 amide bonds. The summed E-state index contributed by atoms with van der Waals surface area (Å²) in [7, 11) is 0. The number of ether oxygens (including phenoxy) is 1. The maximum atomic E-state index is 12.7. The number of aromatic nitrogens is 2. The molecule has 1 heterocycles. The van der Waals surface area contributed by atoms with E-state index in [4.69, 9.17) is 16.3 Å². The zero-order valence-corrected chi connectivity index (χ0v) is 13.5. The van der Waals surface area contributed by atoms with Crippen LogP contribution in [0, 0.1) is 13.8 Å². The van der Waals surface area contributed by atoms with E-state index in [1.54, 1.807) is 18.2 Å². The van der Waals surface area contributed by atoms with Crippen molar-refractivity contribution < 1.29 is 17.9 Å². The first-order valence-electron chi connectivity index (χ1n) is 7.03. The molecule has 1 aromatic heterocycles. The van der Waals surface area contributed by atoms with Crippen LogP contribution in [0.4, 0.5) is 13.2 Å². The van der Waals surface area contributed by atoms with Crippen LogP contribution in [0.3, 0.4) is 0 Å². The van der Waals surface area contributed by atoms with Gasteiger partial charge in [0, 0.05) is 6.07 Å². The molecule has 7 heteroatoms. The molecule has 0 aliphatic rings. The summed E-state index contributed by atoms with van der Waals surface area (Å²) in [6.45, 7) is 3.72. The Hall–Kier alpha value is -2.34. The third-order valence-corrected chi connectivity index (χ3v) is 3.83. The molecule has 0 aliphatic heterocycles. The molecular formula is C17H12ClF3N2O. The Morgan fingerprint density at radius 1 is 0.917 bits per heavy atom. The van der Waals surface area contributed by atoms with E-state index in [-0.39, 0.29) is 10.8 Å². The van der Waals surface area contributed by atoms with E-state index >= 15 is 0 Å². The lowest BCUT2D eigenvalue weighted by atomic mass is 10.2. The van der Waals surface area contributed by atoms with Crippen molar-refractivity contribution in [3.8, 4) is 11.5 Å². The molecule has 0 radical (unpaired) electrons. The lowest BCUT2D eigenvalue weighted by Gasteiger charge is -2.11. The highest BCUT2D eigenvalue weighted by molar-refractivity contribution is 6.32. The van der Waals surface area contributed by atoms with Crippen molar-refractivity contribution in [3.63, 3.8) is 0 Å². The molecule has 0 aliphatic carbocycles. The van der Waals surface area contributed by atoms with Gasteiger partial charge in [-0.1, -0.05) is 11.6 Å².